The van der Waals surface area contributed by atoms with Crippen LogP contribution in [0.1, 0.15) is 43.0 Å². The number of carbonyl (C=O) groups is 3. The summed E-state index contributed by atoms with van der Waals surface area (Å²) in [5.74, 6) is 0.0718. The average molecular weight is 361 g/mol. The minimum Gasteiger partial charge on any atom is -0.341 e. The summed E-state index contributed by atoms with van der Waals surface area (Å²) in [7, 11) is 0. The first-order chi connectivity index (χ1) is 12.0. The molecule has 0 bridgehead atoms. The van der Waals surface area contributed by atoms with Gasteiger partial charge in [-0.15, -0.1) is 11.3 Å². The van der Waals surface area contributed by atoms with E-state index in [1.807, 2.05) is 11.4 Å². The molecule has 1 aliphatic carbocycles. The van der Waals surface area contributed by atoms with Crippen LogP contribution in [-0.4, -0.2) is 47.3 Å². The van der Waals surface area contributed by atoms with E-state index >= 15 is 0 Å². The number of fused-ring (bicyclic) bond motifs is 2. The van der Waals surface area contributed by atoms with E-state index in [1.54, 1.807) is 16.2 Å². The fourth-order valence-corrected chi connectivity index (χ4v) is 5.34. The van der Waals surface area contributed by atoms with Crippen LogP contribution in [0.5, 0.6) is 0 Å². The highest BCUT2D eigenvalue weighted by Gasteiger charge is 2.54. The fourth-order valence-electron chi connectivity index (χ4n) is 4.34. The van der Waals surface area contributed by atoms with Crippen LogP contribution >= 0.6 is 11.3 Å². The maximum absolute atomic E-state index is 13.1. The molecule has 0 saturated carbocycles. The lowest BCUT2D eigenvalue weighted by Crippen LogP contribution is -2.48. The normalized spacial score (nSPS) is 29.1. The smallest absolute Gasteiger partial charge is 0.325 e. The summed E-state index contributed by atoms with van der Waals surface area (Å²) in [4.78, 5) is 42.3. The molecule has 3 aliphatic rings. The van der Waals surface area contributed by atoms with Gasteiger partial charge in [0, 0.05) is 23.5 Å². The van der Waals surface area contributed by atoms with Crippen LogP contribution in [0.4, 0.5) is 4.79 Å². The molecule has 4 amide bonds. The van der Waals surface area contributed by atoms with Gasteiger partial charge in [0.1, 0.15) is 12.1 Å². The Morgan fingerprint density at radius 3 is 3.04 bits per heavy atom. The molecular weight excluding hydrogens is 338 g/mol. The van der Waals surface area contributed by atoms with E-state index in [0.717, 1.165) is 41.0 Å². The van der Waals surface area contributed by atoms with Crippen molar-refractivity contribution < 1.29 is 14.4 Å². The van der Waals surface area contributed by atoms with Crippen molar-refractivity contribution in [3.05, 3.63) is 21.9 Å². The highest BCUT2D eigenvalue weighted by atomic mass is 32.1. The van der Waals surface area contributed by atoms with Gasteiger partial charge in [-0.2, -0.15) is 0 Å². The van der Waals surface area contributed by atoms with Gasteiger partial charge in [0.15, 0.2) is 0 Å². The Hall–Kier alpha value is -1.89. The third kappa shape index (κ3) is 2.65. The van der Waals surface area contributed by atoms with E-state index < -0.39 is 11.6 Å². The lowest BCUT2D eigenvalue weighted by Gasteiger charge is -2.32. The first kappa shape index (κ1) is 16.6. The number of amides is 4. The molecule has 2 aliphatic heterocycles. The number of rotatable bonds is 2. The summed E-state index contributed by atoms with van der Waals surface area (Å²) >= 11 is 1.63. The van der Waals surface area contributed by atoms with Crippen LogP contribution < -0.4 is 5.32 Å². The quantitative estimate of drug-likeness (QED) is 0.820. The number of nitrogens with one attached hydrogen (secondary N) is 1. The van der Waals surface area contributed by atoms with Crippen LogP contribution in [0.2, 0.25) is 0 Å². The number of nitrogens with zero attached hydrogens (tertiary/aromatic N) is 2. The first-order valence-corrected chi connectivity index (χ1v) is 9.88. The Labute approximate surface area is 151 Å². The highest BCUT2D eigenvalue weighted by molar-refractivity contribution is 7.10. The van der Waals surface area contributed by atoms with E-state index in [2.05, 4.69) is 12.2 Å². The molecule has 1 spiro atoms. The Morgan fingerprint density at radius 2 is 2.24 bits per heavy atom. The minimum absolute atomic E-state index is 0.131. The number of likely N-dealkylation sites (tertiary alicyclic amines) is 1. The van der Waals surface area contributed by atoms with Gasteiger partial charge in [-0.05, 0) is 49.5 Å². The number of carbonyl (C=O) groups excluding carboxylic acids is 3. The second kappa shape index (κ2) is 6.12. The third-order valence-corrected chi connectivity index (χ3v) is 6.62. The van der Waals surface area contributed by atoms with Crippen molar-refractivity contribution in [2.45, 2.75) is 44.6 Å². The molecule has 1 aromatic heterocycles. The molecule has 6 nitrogen and oxygen atoms in total. The van der Waals surface area contributed by atoms with Crippen molar-refractivity contribution >= 4 is 29.2 Å². The van der Waals surface area contributed by atoms with Gasteiger partial charge in [-0.1, -0.05) is 6.92 Å². The van der Waals surface area contributed by atoms with E-state index in [1.165, 1.54) is 0 Å². The molecule has 0 radical (unpaired) electrons. The molecular formula is C18H23N3O3S. The summed E-state index contributed by atoms with van der Waals surface area (Å²) < 4.78 is 0. The monoisotopic (exact) mass is 361 g/mol. The molecule has 134 valence electrons. The Bertz CT molecular complexity index is 731. The number of aryl methyl sites for hydroxylation is 1. The maximum Gasteiger partial charge on any atom is 0.325 e. The molecule has 1 N–H and O–H groups in total. The van der Waals surface area contributed by atoms with E-state index in [4.69, 9.17) is 0 Å². The number of thiophene rings is 1. The van der Waals surface area contributed by atoms with Crippen molar-refractivity contribution in [3.63, 3.8) is 0 Å². The van der Waals surface area contributed by atoms with Crippen LogP contribution in [-0.2, 0) is 21.5 Å². The van der Waals surface area contributed by atoms with E-state index in [-0.39, 0.29) is 18.4 Å². The van der Waals surface area contributed by atoms with Crippen molar-refractivity contribution in [1.29, 1.82) is 0 Å². The van der Waals surface area contributed by atoms with Crippen molar-refractivity contribution in [2.24, 2.45) is 5.92 Å². The van der Waals surface area contributed by atoms with Gasteiger partial charge in [0.25, 0.3) is 5.91 Å². The molecule has 0 aromatic carbocycles. The third-order valence-electron chi connectivity index (χ3n) is 5.64. The van der Waals surface area contributed by atoms with Crippen LogP contribution in [0.15, 0.2) is 11.4 Å². The summed E-state index contributed by atoms with van der Waals surface area (Å²) in [6, 6.07) is 1.50. The summed E-state index contributed by atoms with van der Waals surface area (Å²) in [6.45, 7) is 3.40. The van der Waals surface area contributed by atoms with Gasteiger partial charge < -0.3 is 10.2 Å². The highest BCUT2D eigenvalue weighted by Crippen LogP contribution is 2.42. The van der Waals surface area contributed by atoms with Crippen LogP contribution in [0, 0.1) is 5.92 Å². The van der Waals surface area contributed by atoms with Gasteiger partial charge in [-0.25, -0.2) is 4.79 Å². The zero-order valence-electron chi connectivity index (χ0n) is 14.4. The number of hydrogen-bond acceptors (Lipinski definition) is 4. The molecule has 4 rings (SSSR count). The van der Waals surface area contributed by atoms with Crippen molar-refractivity contribution in [1.82, 2.24) is 15.1 Å². The molecule has 2 atom stereocenters. The average Bonchev–Trinajstić information content (AvgIpc) is 3.16. The second-order valence-electron chi connectivity index (χ2n) is 7.42. The largest absolute Gasteiger partial charge is 0.341 e. The van der Waals surface area contributed by atoms with E-state index in [0.29, 0.717) is 25.4 Å². The number of urea groups is 1. The first-order valence-electron chi connectivity index (χ1n) is 9.00. The molecule has 0 unspecified atom stereocenters. The zero-order chi connectivity index (χ0) is 17.6. The lowest BCUT2D eigenvalue weighted by molar-refractivity contribution is -0.140. The topological polar surface area (TPSA) is 69.7 Å². The molecule has 2 fully saturated rings. The molecule has 3 heterocycles. The van der Waals surface area contributed by atoms with Gasteiger partial charge in [-0.3, -0.25) is 14.5 Å². The van der Waals surface area contributed by atoms with Crippen LogP contribution in [0.25, 0.3) is 0 Å². The van der Waals surface area contributed by atoms with Crippen molar-refractivity contribution in [2.75, 3.05) is 19.6 Å². The predicted molar refractivity (Wildman–Crippen MR) is 94.2 cm³/mol. The summed E-state index contributed by atoms with van der Waals surface area (Å²) in [5, 5.41) is 4.87. The Kier molecular flexibility index (Phi) is 4.06. The van der Waals surface area contributed by atoms with Gasteiger partial charge in [0.05, 0.1) is 0 Å². The summed E-state index contributed by atoms with van der Waals surface area (Å²) in [5.41, 5.74) is -0.0382. The van der Waals surface area contributed by atoms with Crippen molar-refractivity contribution in [3.8, 4) is 0 Å². The van der Waals surface area contributed by atoms with Gasteiger partial charge in [0.2, 0.25) is 5.91 Å². The minimum atomic E-state index is -0.958. The summed E-state index contributed by atoms with van der Waals surface area (Å²) in [6.07, 6.45) is 4.52. The molecule has 1 aromatic rings. The molecule has 7 heteroatoms. The Morgan fingerprint density at radius 1 is 1.40 bits per heavy atom. The number of hydrogen-bond donors (Lipinski definition) is 1. The SMILES string of the molecule is C[C@@H]1CCCN(C(=O)CN2C(=O)N[C@@]3(CCCc4sccc43)C2=O)C1. The Balaban J connectivity index is 1.54. The lowest BCUT2D eigenvalue weighted by atomic mass is 9.80. The predicted octanol–water partition coefficient (Wildman–Crippen LogP) is 2.09. The number of imide groups is 1. The van der Waals surface area contributed by atoms with Crippen LogP contribution in [0.3, 0.4) is 0 Å². The fraction of sp³-hybridized carbons (Fsp3) is 0.611. The van der Waals surface area contributed by atoms with E-state index in [9.17, 15) is 14.4 Å². The maximum atomic E-state index is 13.1. The zero-order valence-corrected chi connectivity index (χ0v) is 15.2. The standard InChI is InChI=1S/C18H23N3O3S/c1-12-4-3-8-20(10-12)15(22)11-21-16(23)18(19-17(21)24)7-2-5-14-13(18)6-9-25-14/h6,9,12H,2-5,7-8,10-11H2,1H3,(H,19,24)/t12-,18-/m1/s1. The molecule has 25 heavy (non-hydrogen) atoms. The molecule has 2 saturated heterocycles. The number of piperidine rings is 1. The second-order valence-corrected chi connectivity index (χ2v) is 8.43. The van der Waals surface area contributed by atoms with Gasteiger partial charge >= 0.3 is 6.03 Å².